The number of nitrogens with zero attached hydrogens (tertiary/aromatic N) is 2. The summed E-state index contributed by atoms with van der Waals surface area (Å²) < 4.78 is 0. The van der Waals surface area contributed by atoms with Crippen molar-refractivity contribution in [2.75, 3.05) is 13.1 Å². The van der Waals surface area contributed by atoms with Gasteiger partial charge in [0.2, 0.25) is 5.91 Å². The Morgan fingerprint density at radius 3 is 2.32 bits per heavy atom. The number of halogens is 1. The first-order valence-electron chi connectivity index (χ1n) is 10.9. The molecule has 4 rings (SSSR count). The predicted octanol–water partition coefficient (Wildman–Crippen LogP) is 5.11. The van der Waals surface area contributed by atoms with E-state index in [2.05, 4.69) is 38.0 Å². The van der Waals surface area contributed by atoms with Crippen molar-refractivity contribution in [1.29, 1.82) is 0 Å². The average molecular weight is 460 g/mol. The van der Waals surface area contributed by atoms with E-state index in [0.717, 1.165) is 36.5 Å². The van der Waals surface area contributed by atoms with Gasteiger partial charge in [-0.3, -0.25) is 9.59 Å². The molecule has 0 radical (unpaired) electrons. The molecular weight excluding hydrogens is 430 g/mol. The monoisotopic (exact) mass is 459 g/mol. The van der Waals surface area contributed by atoms with Crippen LogP contribution in [0.25, 0.3) is 0 Å². The molecule has 31 heavy (non-hydrogen) atoms. The summed E-state index contributed by atoms with van der Waals surface area (Å²) in [5, 5.41) is 6.42. The van der Waals surface area contributed by atoms with Crippen molar-refractivity contribution in [3.05, 3.63) is 50.9 Å². The van der Waals surface area contributed by atoms with Crippen LogP contribution in [-0.4, -0.2) is 34.8 Å². The van der Waals surface area contributed by atoms with Crippen LogP contribution in [-0.2, 0) is 11.3 Å². The molecule has 2 aliphatic rings. The maximum absolute atomic E-state index is 13.0. The average Bonchev–Trinajstić information content (AvgIpc) is 3.08. The van der Waals surface area contributed by atoms with Crippen molar-refractivity contribution < 1.29 is 9.59 Å². The lowest BCUT2D eigenvalue weighted by molar-refractivity contribution is -0.134. The zero-order chi connectivity index (χ0) is 22.4. The molecule has 166 valence electrons. The number of likely N-dealkylation sites (tertiary alicyclic amines) is 1. The van der Waals surface area contributed by atoms with Gasteiger partial charge in [-0.1, -0.05) is 51.4 Å². The number of aromatic nitrogens is 1. The number of hydrogen-bond acceptors (Lipinski definition) is 4. The van der Waals surface area contributed by atoms with E-state index in [1.807, 2.05) is 34.5 Å². The number of amides is 2. The van der Waals surface area contributed by atoms with Gasteiger partial charge < -0.3 is 10.2 Å². The third-order valence-corrected chi connectivity index (χ3v) is 8.80. The molecule has 0 atom stereocenters. The van der Waals surface area contributed by atoms with Gasteiger partial charge in [0.25, 0.3) is 5.91 Å². The van der Waals surface area contributed by atoms with Gasteiger partial charge in [0.1, 0.15) is 5.69 Å². The third kappa shape index (κ3) is 4.24. The molecule has 1 aliphatic carbocycles. The van der Waals surface area contributed by atoms with Gasteiger partial charge in [-0.2, -0.15) is 0 Å². The quantitative estimate of drug-likeness (QED) is 0.675. The van der Waals surface area contributed by atoms with Crippen molar-refractivity contribution in [3.63, 3.8) is 0 Å². The maximum Gasteiger partial charge on any atom is 0.271 e. The summed E-state index contributed by atoms with van der Waals surface area (Å²) in [5.74, 6) is 0.567. The van der Waals surface area contributed by atoms with Crippen LogP contribution in [0.1, 0.15) is 67.5 Å². The highest BCUT2D eigenvalue weighted by Gasteiger charge is 2.68. The van der Waals surface area contributed by atoms with E-state index in [9.17, 15) is 9.59 Å². The molecule has 2 fully saturated rings. The molecule has 1 saturated carbocycles. The largest absolute Gasteiger partial charge is 0.347 e. The molecule has 0 bridgehead atoms. The Morgan fingerprint density at radius 2 is 1.74 bits per heavy atom. The molecular formula is C24H30ClN3O2S. The Bertz CT molecular complexity index is 961. The van der Waals surface area contributed by atoms with Gasteiger partial charge in [-0.25, -0.2) is 4.98 Å². The molecule has 7 heteroatoms. The highest BCUT2D eigenvalue weighted by atomic mass is 35.5. The smallest absolute Gasteiger partial charge is 0.271 e. The number of piperidine rings is 1. The second-order valence-electron chi connectivity index (χ2n) is 9.86. The molecule has 0 unspecified atom stereocenters. The third-order valence-electron chi connectivity index (χ3n) is 7.54. The molecule has 2 amide bonds. The molecule has 1 aliphatic heterocycles. The van der Waals surface area contributed by atoms with Gasteiger partial charge >= 0.3 is 0 Å². The number of thiazole rings is 1. The molecule has 5 nitrogen and oxygen atoms in total. The van der Waals surface area contributed by atoms with Gasteiger partial charge in [-0.15, -0.1) is 11.3 Å². The first-order chi connectivity index (χ1) is 14.6. The van der Waals surface area contributed by atoms with Crippen LogP contribution in [0.15, 0.2) is 29.6 Å². The van der Waals surface area contributed by atoms with E-state index < -0.39 is 0 Å². The second-order valence-corrected chi connectivity index (χ2v) is 11.2. The SMILES string of the molecule is CC1(C)C(C(=O)N2CCC(c3nc(C(=O)NCc4ccc(Cl)cc4)cs3)CC2)C1(C)C. The summed E-state index contributed by atoms with van der Waals surface area (Å²) >= 11 is 7.44. The minimum atomic E-state index is -0.164. The lowest BCUT2D eigenvalue weighted by Crippen LogP contribution is -2.40. The Morgan fingerprint density at radius 1 is 1.13 bits per heavy atom. The summed E-state index contributed by atoms with van der Waals surface area (Å²) in [4.78, 5) is 32.1. The summed E-state index contributed by atoms with van der Waals surface area (Å²) in [6.45, 7) is 10.7. The van der Waals surface area contributed by atoms with E-state index in [4.69, 9.17) is 11.6 Å². The zero-order valence-electron chi connectivity index (χ0n) is 18.6. The maximum atomic E-state index is 13.0. The van der Waals surface area contributed by atoms with Crippen LogP contribution in [0.4, 0.5) is 0 Å². The van der Waals surface area contributed by atoms with Gasteiger partial charge in [0.15, 0.2) is 0 Å². The van der Waals surface area contributed by atoms with Crippen LogP contribution in [0.3, 0.4) is 0 Å². The van der Waals surface area contributed by atoms with Crippen LogP contribution < -0.4 is 5.32 Å². The molecule has 1 aromatic carbocycles. The van der Waals surface area contributed by atoms with Crippen LogP contribution in [0, 0.1) is 16.7 Å². The van der Waals surface area contributed by atoms with Gasteiger partial charge in [0, 0.05) is 41.9 Å². The summed E-state index contributed by atoms with van der Waals surface area (Å²) in [7, 11) is 0. The van der Waals surface area contributed by atoms with E-state index in [1.54, 1.807) is 11.3 Å². The Balaban J connectivity index is 1.29. The molecule has 2 heterocycles. The Kier molecular flexibility index (Phi) is 5.90. The van der Waals surface area contributed by atoms with Crippen molar-refractivity contribution in [2.45, 2.75) is 53.0 Å². The van der Waals surface area contributed by atoms with Crippen molar-refractivity contribution in [2.24, 2.45) is 16.7 Å². The first kappa shape index (κ1) is 22.3. The molecule has 2 aromatic rings. The Hall–Kier alpha value is -1.92. The minimum absolute atomic E-state index is 0.0739. The van der Waals surface area contributed by atoms with E-state index >= 15 is 0 Å². The fourth-order valence-corrected chi connectivity index (χ4v) is 5.90. The lowest BCUT2D eigenvalue weighted by atomic mass is 9.96. The van der Waals surface area contributed by atoms with Crippen LogP contribution in [0.2, 0.25) is 5.02 Å². The van der Waals surface area contributed by atoms with E-state index in [-0.39, 0.29) is 22.7 Å². The number of nitrogens with one attached hydrogen (secondary N) is 1. The van der Waals surface area contributed by atoms with Crippen LogP contribution >= 0.6 is 22.9 Å². The molecule has 0 spiro atoms. The fraction of sp³-hybridized carbons (Fsp3) is 0.542. The standard InChI is InChI=1S/C24H30ClN3O2S/c1-23(2)19(24(23,3)4)22(30)28-11-9-16(10-12-28)21-27-18(14-31-21)20(29)26-13-15-5-7-17(25)8-6-15/h5-8,14,16,19H,9-13H2,1-4H3,(H,26,29). The predicted molar refractivity (Wildman–Crippen MR) is 124 cm³/mol. The summed E-state index contributed by atoms with van der Waals surface area (Å²) in [6, 6.07) is 7.42. The topological polar surface area (TPSA) is 62.3 Å². The first-order valence-corrected chi connectivity index (χ1v) is 12.1. The number of hydrogen-bond donors (Lipinski definition) is 1. The normalized spacial score (nSPS) is 20.5. The lowest BCUT2D eigenvalue weighted by Gasteiger charge is -2.31. The van der Waals surface area contributed by atoms with E-state index in [1.165, 1.54) is 0 Å². The highest BCUT2D eigenvalue weighted by molar-refractivity contribution is 7.09. The van der Waals surface area contributed by atoms with Crippen molar-refractivity contribution in [1.82, 2.24) is 15.2 Å². The fourth-order valence-electron chi connectivity index (χ4n) is 4.80. The number of benzene rings is 1. The summed E-state index contributed by atoms with van der Waals surface area (Å²) in [5.41, 5.74) is 1.61. The van der Waals surface area contributed by atoms with Crippen LogP contribution in [0.5, 0.6) is 0 Å². The number of carbonyl (C=O) groups is 2. The van der Waals surface area contributed by atoms with Crippen molar-refractivity contribution in [3.8, 4) is 0 Å². The second kappa shape index (κ2) is 8.21. The molecule has 1 aromatic heterocycles. The number of carbonyl (C=O) groups excluding carboxylic acids is 2. The zero-order valence-corrected chi connectivity index (χ0v) is 20.1. The highest BCUT2D eigenvalue weighted by Crippen LogP contribution is 2.68. The Labute approximate surface area is 193 Å². The minimum Gasteiger partial charge on any atom is -0.347 e. The van der Waals surface area contributed by atoms with Crippen molar-refractivity contribution >= 4 is 34.8 Å². The number of rotatable bonds is 5. The van der Waals surface area contributed by atoms with E-state index in [0.29, 0.717) is 29.1 Å². The van der Waals surface area contributed by atoms with Gasteiger partial charge in [-0.05, 0) is 41.4 Å². The van der Waals surface area contributed by atoms with Gasteiger partial charge in [0.05, 0.1) is 5.01 Å². The molecule has 1 saturated heterocycles. The summed E-state index contributed by atoms with van der Waals surface area (Å²) in [6.07, 6.45) is 1.80. The molecule has 1 N–H and O–H groups in total.